The Balaban J connectivity index is 1.78. The van der Waals surface area contributed by atoms with Gasteiger partial charge in [0.1, 0.15) is 6.04 Å². The molecule has 30 heavy (non-hydrogen) atoms. The molecule has 1 amide bonds. The summed E-state index contributed by atoms with van der Waals surface area (Å²) in [7, 11) is 1.53. The van der Waals surface area contributed by atoms with Gasteiger partial charge in [0.25, 0.3) is 5.91 Å². The third kappa shape index (κ3) is 3.60. The molecule has 4 rings (SSSR count). The summed E-state index contributed by atoms with van der Waals surface area (Å²) < 4.78 is 8.30. The number of hydrogen-bond acceptors (Lipinski definition) is 5. The average molecular weight is 407 g/mol. The molecular weight excluding hydrogens is 382 g/mol. The van der Waals surface area contributed by atoms with Crippen LogP contribution in [0, 0.1) is 5.92 Å². The van der Waals surface area contributed by atoms with Gasteiger partial charge in [0.05, 0.1) is 12.7 Å². The summed E-state index contributed by atoms with van der Waals surface area (Å²) in [6.07, 6.45) is 1.52. The molecule has 0 saturated heterocycles. The van der Waals surface area contributed by atoms with Crippen molar-refractivity contribution in [2.24, 2.45) is 5.92 Å². The van der Waals surface area contributed by atoms with Crippen molar-refractivity contribution < 1.29 is 9.53 Å². The molecule has 1 aromatic carbocycles. The van der Waals surface area contributed by atoms with Crippen LogP contribution in [0.2, 0.25) is 0 Å². The summed E-state index contributed by atoms with van der Waals surface area (Å²) in [6, 6.07) is 12.6. The third-order valence-corrected chi connectivity index (χ3v) is 5.18. The zero-order valence-electron chi connectivity index (χ0n) is 17.4. The van der Waals surface area contributed by atoms with Crippen LogP contribution in [0.5, 0.6) is 5.88 Å². The number of carbonyl (C=O) groups is 1. The Morgan fingerprint density at radius 2 is 1.93 bits per heavy atom. The lowest BCUT2D eigenvalue weighted by Crippen LogP contribution is -2.44. The number of carbonyl (C=O) groups excluding carboxylic acids is 1. The van der Waals surface area contributed by atoms with Crippen LogP contribution in [0.4, 0.5) is 0 Å². The lowest BCUT2D eigenvalue weighted by molar-refractivity contribution is 0.0656. The fourth-order valence-corrected chi connectivity index (χ4v) is 3.79. The van der Waals surface area contributed by atoms with Crippen LogP contribution in [0.1, 0.15) is 41.6 Å². The zero-order chi connectivity index (χ0) is 21.3. The number of amides is 1. The second kappa shape index (κ2) is 8.14. The predicted molar refractivity (Wildman–Crippen MR) is 111 cm³/mol. The minimum atomic E-state index is -0.448. The van der Waals surface area contributed by atoms with E-state index in [0.29, 0.717) is 36.9 Å². The molecule has 1 aliphatic heterocycles. The quantitative estimate of drug-likeness (QED) is 0.648. The number of aromatic nitrogens is 4. The Morgan fingerprint density at radius 3 is 2.57 bits per heavy atom. The van der Waals surface area contributed by atoms with Gasteiger partial charge in [0.15, 0.2) is 5.82 Å². The van der Waals surface area contributed by atoms with Gasteiger partial charge >= 0.3 is 5.69 Å². The standard InChI is InChI=1S/C22H25N5O3/c1-15(2)14-27-22(29)26-12-11-25(21(28)17-9-10-18(30-3)23-13-17)19(20(26)24-27)16-7-5-4-6-8-16/h4-10,13,15,19H,11-12,14H2,1-3H3. The van der Waals surface area contributed by atoms with Crippen LogP contribution in [0.25, 0.3) is 0 Å². The number of hydrogen-bond donors (Lipinski definition) is 0. The fraction of sp³-hybridized carbons (Fsp3) is 0.364. The molecule has 0 bridgehead atoms. The number of benzene rings is 1. The Labute approximate surface area is 174 Å². The van der Waals surface area contributed by atoms with Crippen molar-refractivity contribution in [3.05, 3.63) is 76.1 Å². The Bertz CT molecular complexity index is 1090. The lowest BCUT2D eigenvalue weighted by Gasteiger charge is -2.35. The van der Waals surface area contributed by atoms with Crippen LogP contribution in [0.3, 0.4) is 0 Å². The minimum absolute atomic E-state index is 0.127. The second-order valence-electron chi connectivity index (χ2n) is 7.77. The molecule has 8 nitrogen and oxygen atoms in total. The van der Waals surface area contributed by atoms with E-state index in [1.165, 1.54) is 18.0 Å². The van der Waals surface area contributed by atoms with Gasteiger partial charge in [0.2, 0.25) is 5.88 Å². The number of methoxy groups -OCH3 is 1. The fourth-order valence-electron chi connectivity index (χ4n) is 3.79. The number of ether oxygens (including phenoxy) is 1. The molecule has 3 aromatic rings. The maximum absolute atomic E-state index is 13.4. The van der Waals surface area contributed by atoms with E-state index in [1.54, 1.807) is 21.6 Å². The molecular formula is C22H25N5O3. The van der Waals surface area contributed by atoms with Crippen LogP contribution < -0.4 is 10.4 Å². The molecule has 0 fully saturated rings. The van der Waals surface area contributed by atoms with Crippen LogP contribution >= 0.6 is 0 Å². The SMILES string of the molecule is COc1ccc(C(=O)N2CCn3c(nn(CC(C)C)c3=O)C2c2ccccc2)cn1. The van der Waals surface area contributed by atoms with Crippen LogP contribution in [-0.2, 0) is 13.1 Å². The highest BCUT2D eigenvalue weighted by Gasteiger charge is 2.36. The Morgan fingerprint density at radius 1 is 1.17 bits per heavy atom. The van der Waals surface area contributed by atoms with Crippen molar-refractivity contribution in [1.29, 1.82) is 0 Å². The molecule has 0 saturated carbocycles. The maximum atomic E-state index is 13.4. The summed E-state index contributed by atoms with van der Waals surface area (Å²) in [5.41, 5.74) is 1.25. The highest BCUT2D eigenvalue weighted by atomic mass is 16.5. The highest BCUT2D eigenvalue weighted by molar-refractivity contribution is 5.94. The van der Waals surface area contributed by atoms with Gasteiger partial charge in [-0.05, 0) is 17.5 Å². The van der Waals surface area contributed by atoms with E-state index in [1.807, 2.05) is 44.2 Å². The second-order valence-corrected chi connectivity index (χ2v) is 7.77. The molecule has 1 unspecified atom stereocenters. The largest absolute Gasteiger partial charge is 0.481 e. The predicted octanol–water partition coefficient (Wildman–Crippen LogP) is 2.35. The van der Waals surface area contributed by atoms with Crippen molar-refractivity contribution in [2.45, 2.75) is 33.0 Å². The van der Waals surface area contributed by atoms with Gasteiger partial charge in [-0.3, -0.25) is 9.36 Å². The molecule has 156 valence electrons. The van der Waals surface area contributed by atoms with E-state index in [4.69, 9.17) is 4.74 Å². The summed E-state index contributed by atoms with van der Waals surface area (Å²) in [5.74, 6) is 1.17. The molecule has 0 spiro atoms. The first-order chi connectivity index (χ1) is 14.5. The number of rotatable bonds is 5. The van der Waals surface area contributed by atoms with Crippen molar-refractivity contribution in [3.8, 4) is 5.88 Å². The van der Waals surface area contributed by atoms with Crippen LogP contribution in [0.15, 0.2) is 53.5 Å². The lowest BCUT2D eigenvalue weighted by atomic mass is 10.0. The topological polar surface area (TPSA) is 82.2 Å². The first-order valence-electron chi connectivity index (χ1n) is 10.0. The summed E-state index contributed by atoms with van der Waals surface area (Å²) >= 11 is 0. The van der Waals surface area contributed by atoms with E-state index >= 15 is 0 Å². The van der Waals surface area contributed by atoms with Crippen molar-refractivity contribution in [2.75, 3.05) is 13.7 Å². The number of nitrogens with zero attached hydrogens (tertiary/aromatic N) is 5. The van der Waals surface area contributed by atoms with Gasteiger partial charge in [-0.1, -0.05) is 44.2 Å². The summed E-state index contributed by atoms with van der Waals surface area (Å²) in [5, 5.41) is 4.64. The Hall–Kier alpha value is -3.42. The van der Waals surface area contributed by atoms with Gasteiger partial charge in [-0.2, -0.15) is 5.10 Å². The van der Waals surface area contributed by atoms with Crippen molar-refractivity contribution in [3.63, 3.8) is 0 Å². The maximum Gasteiger partial charge on any atom is 0.346 e. The molecule has 0 aliphatic carbocycles. The summed E-state index contributed by atoms with van der Waals surface area (Å²) in [4.78, 5) is 32.2. The summed E-state index contributed by atoms with van der Waals surface area (Å²) in [6.45, 7) is 5.45. The average Bonchev–Trinajstić information content (AvgIpc) is 3.08. The Kier molecular flexibility index (Phi) is 5.39. The third-order valence-electron chi connectivity index (χ3n) is 5.18. The monoisotopic (exact) mass is 407 g/mol. The first kappa shape index (κ1) is 19.9. The molecule has 1 atom stereocenters. The minimum Gasteiger partial charge on any atom is -0.481 e. The van der Waals surface area contributed by atoms with E-state index in [9.17, 15) is 9.59 Å². The number of pyridine rings is 1. The van der Waals surface area contributed by atoms with Gasteiger partial charge in [-0.25, -0.2) is 14.5 Å². The van der Waals surface area contributed by atoms with Crippen LogP contribution in [-0.4, -0.2) is 43.8 Å². The van der Waals surface area contributed by atoms with E-state index < -0.39 is 6.04 Å². The zero-order valence-corrected chi connectivity index (χ0v) is 17.4. The molecule has 8 heteroatoms. The van der Waals surface area contributed by atoms with Gasteiger partial charge in [0, 0.05) is 31.9 Å². The van der Waals surface area contributed by atoms with E-state index in [0.717, 1.165) is 5.56 Å². The normalized spacial score (nSPS) is 15.9. The number of fused-ring (bicyclic) bond motifs is 1. The smallest absolute Gasteiger partial charge is 0.346 e. The van der Waals surface area contributed by atoms with Gasteiger partial charge < -0.3 is 9.64 Å². The molecule has 0 N–H and O–H groups in total. The molecule has 1 aliphatic rings. The highest BCUT2D eigenvalue weighted by Crippen LogP contribution is 2.31. The molecule has 0 radical (unpaired) electrons. The van der Waals surface area contributed by atoms with Crippen molar-refractivity contribution in [1.82, 2.24) is 24.2 Å². The van der Waals surface area contributed by atoms with Gasteiger partial charge in [-0.15, -0.1) is 0 Å². The molecule has 3 heterocycles. The van der Waals surface area contributed by atoms with E-state index in [-0.39, 0.29) is 17.5 Å². The molecule has 2 aromatic heterocycles. The van der Waals surface area contributed by atoms with Crippen molar-refractivity contribution >= 4 is 5.91 Å². The van der Waals surface area contributed by atoms with E-state index in [2.05, 4.69) is 10.1 Å². The first-order valence-corrected chi connectivity index (χ1v) is 10.0.